The Morgan fingerprint density at radius 1 is 1.67 bits per heavy atom. The monoisotopic (exact) mass is 224 g/mol. The quantitative estimate of drug-likeness (QED) is 0.817. The molecule has 3 N–H and O–H groups in total. The van der Waals surface area contributed by atoms with Gasteiger partial charge in [0.2, 0.25) is 5.91 Å². The molecule has 1 amide bonds. The highest BCUT2D eigenvalue weighted by Crippen LogP contribution is 2.42. The molecule has 0 radical (unpaired) electrons. The molecule has 0 saturated heterocycles. The highest BCUT2D eigenvalue weighted by atomic mass is 32.1. The third kappa shape index (κ3) is 2.58. The van der Waals surface area contributed by atoms with E-state index in [9.17, 15) is 4.79 Å². The molecule has 1 aromatic rings. The van der Waals surface area contributed by atoms with Gasteiger partial charge in [0.25, 0.3) is 0 Å². The van der Waals surface area contributed by atoms with Crippen LogP contribution in [0.5, 0.6) is 0 Å². The second-order valence-corrected chi connectivity index (χ2v) is 5.11. The van der Waals surface area contributed by atoms with Crippen LogP contribution in [-0.4, -0.2) is 11.9 Å². The molecule has 0 bridgehead atoms. The number of nitrogens with one attached hydrogen (secondary N) is 1. The molecule has 1 aliphatic carbocycles. The molecule has 1 aliphatic rings. The van der Waals surface area contributed by atoms with Crippen LogP contribution in [0.3, 0.4) is 0 Å². The van der Waals surface area contributed by atoms with Crippen LogP contribution in [0.4, 0.5) is 0 Å². The van der Waals surface area contributed by atoms with Gasteiger partial charge in [-0.1, -0.05) is 6.07 Å². The summed E-state index contributed by atoms with van der Waals surface area (Å²) in [5.41, 5.74) is 5.55. The van der Waals surface area contributed by atoms with Gasteiger partial charge in [-0.25, -0.2) is 0 Å². The van der Waals surface area contributed by atoms with E-state index < -0.39 is 6.04 Å². The molecule has 2 atom stereocenters. The van der Waals surface area contributed by atoms with E-state index in [1.165, 1.54) is 17.7 Å². The maximum absolute atomic E-state index is 11.5. The standard InChI is InChI=1S/C11H16N2OS/c1-7(12)11(14)13-10(8-4-5-8)9-3-2-6-15-9/h2-3,6-8,10H,4-5,12H2,1H3,(H,13,14)/t7-,10?/m1/s1. The molecule has 1 unspecified atom stereocenters. The van der Waals surface area contributed by atoms with Gasteiger partial charge in [-0.2, -0.15) is 0 Å². The van der Waals surface area contributed by atoms with Crippen molar-refractivity contribution >= 4 is 17.2 Å². The highest BCUT2D eigenvalue weighted by Gasteiger charge is 2.34. The maximum Gasteiger partial charge on any atom is 0.237 e. The zero-order valence-electron chi connectivity index (χ0n) is 8.77. The fraction of sp³-hybridized carbons (Fsp3) is 0.545. The van der Waals surface area contributed by atoms with Gasteiger partial charge in [0.15, 0.2) is 0 Å². The van der Waals surface area contributed by atoms with Gasteiger partial charge in [-0.05, 0) is 37.1 Å². The van der Waals surface area contributed by atoms with E-state index in [4.69, 9.17) is 5.73 Å². The summed E-state index contributed by atoms with van der Waals surface area (Å²) in [5.74, 6) is 0.562. The van der Waals surface area contributed by atoms with Crippen molar-refractivity contribution in [3.8, 4) is 0 Å². The van der Waals surface area contributed by atoms with Crippen molar-refractivity contribution in [3.05, 3.63) is 22.4 Å². The van der Waals surface area contributed by atoms with Crippen molar-refractivity contribution in [3.63, 3.8) is 0 Å². The van der Waals surface area contributed by atoms with Crippen molar-refractivity contribution in [1.29, 1.82) is 0 Å². The number of hydrogen-bond donors (Lipinski definition) is 2. The Bertz CT molecular complexity index is 330. The molecular weight excluding hydrogens is 208 g/mol. The van der Waals surface area contributed by atoms with Crippen LogP contribution in [0.15, 0.2) is 17.5 Å². The molecule has 1 aromatic heterocycles. The lowest BCUT2D eigenvalue weighted by molar-refractivity contribution is -0.122. The zero-order valence-corrected chi connectivity index (χ0v) is 9.59. The average Bonchev–Trinajstić information content (AvgIpc) is 2.89. The second-order valence-electron chi connectivity index (χ2n) is 4.13. The van der Waals surface area contributed by atoms with Gasteiger partial charge < -0.3 is 11.1 Å². The molecule has 0 spiro atoms. The largest absolute Gasteiger partial charge is 0.347 e. The summed E-state index contributed by atoms with van der Waals surface area (Å²) in [4.78, 5) is 12.8. The smallest absolute Gasteiger partial charge is 0.237 e. The van der Waals surface area contributed by atoms with E-state index in [2.05, 4.69) is 11.4 Å². The first kappa shape index (κ1) is 10.6. The van der Waals surface area contributed by atoms with Crippen LogP contribution >= 0.6 is 11.3 Å². The SMILES string of the molecule is C[C@@H](N)C(=O)NC(c1cccs1)C1CC1. The fourth-order valence-corrected chi connectivity index (χ4v) is 2.47. The molecule has 0 aliphatic heterocycles. The minimum atomic E-state index is -0.425. The molecule has 82 valence electrons. The minimum absolute atomic E-state index is 0.0553. The summed E-state index contributed by atoms with van der Waals surface area (Å²) >= 11 is 1.70. The number of amides is 1. The van der Waals surface area contributed by atoms with E-state index in [-0.39, 0.29) is 11.9 Å². The van der Waals surface area contributed by atoms with Crippen LogP contribution < -0.4 is 11.1 Å². The van der Waals surface area contributed by atoms with Crippen LogP contribution in [0.2, 0.25) is 0 Å². The molecule has 15 heavy (non-hydrogen) atoms. The van der Waals surface area contributed by atoms with Crippen LogP contribution in [0.25, 0.3) is 0 Å². The Balaban J connectivity index is 2.04. The number of nitrogens with two attached hydrogens (primary N) is 1. The number of hydrogen-bond acceptors (Lipinski definition) is 3. The van der Waals surface area contributed by atoms with E-state index in [0.29, 0.717) is 5.92 Å². The lowest BCUT2D eigenvalue weighted by Crippen LogP contribution is -2.40. The van der Waals surface area contributed by atoms with Crippen molar-refractivity contribution in [2.45, 2.75) is 31.8 Å². The van der Waals surface area contributed by atoms with Crippen LogP contribution in [-0.2, 0) is 4.79 Å². The van der Waals surface area contributed by atoms with Gasteiger partial charge in [-0.15, -0.1) is 11.3 Å². The Labute approximate surface area is 93.7 Å². The van der Waals surface area contributed by atoms with Crippen molar-refractivity contribution in [2.24, 2.45) is 11.7 Å². The van der Waals surface area contributed by atoms with E-state index >= 15 is 0 Å². The van der Waals surface area contributed by atoms with E-state index in [0.717, 1.165) is 0 Å². The summed E-state index contributed by atoms with van der Waals surface area (Å²) in [7, 11) is 0. The Morgan fingerprint density at radius 3 is 2.87 bits per heavy atom. The van der Waals surface area contributed by atoms with Gasteiger partial charge >= 0.3 is 0 Å². The molecule has 1 saturated carbocycles. The normalized spacial score (nSPS) is 19.6. The van der Waals surface area contributed by atoms with Crippen LogP contribution in [0, 0.1) is 5.92 Å². The molecule has 4 heteroatoms. The van der Waals surface area contributed by atoms with Crippen LogP contribution in [0.1, 0.15) is 30.7 Å². The number of thiophene rings is 1. The third-order valence-electron chi connectivity index (χ3n) is 2.65. The van der Waals surface area contributed by atoms with Crippen molar-refractivity contribution in [1.82, 2.24) is 5.32 Å². The predicted octanol–water partition coefficient (Wildman–Crippen LogP) is 1.66. The molecule has 2 rings (SSSR count). The van der Waals surface area contributed by atoms with Crippen molar-refractivity contribution < 1.29 is 4.79 Å². The maximum atomic E-state index is 11.5. The lowest BCUT2D eigenvalue weighted by Gasteiger charge is -2.18. The summed E-state index contributed by atoms with van der Waals surface area (Å²) in [6.07, 6.45) is 2.42. The summed E-state index contributed by atoms with van der Waals surface area (Å²) in [5, 5.41) is 5.07. The summed E-state index contributed by atoms with van der Waals surface area (Å²) < 4.78 is 0. The average molecular weight is 224 g/mol. The van der Waals surface area contributed by atoms with E-state index in [1.54, 1.807) is 18.3 Å². The molecule has 3 nitrogen and oxygen atoms in total. The topological polar surface area (TPSA) is 55.1 Å². The highest BCUT2D eigenvalue weighted by molar-refractivity contribution is 7.10. The lowest BCUT2D eigenvalue weighted by atomic mass is 10.1. The Hall–Kier alpha value is -0.870. The molecular formula is C11H16N2OS. The van der Waals surface area contributed by atoms with Crippen molar-refractivity contribution in [2.75, 3.05) is 0 Å². The first-order valence-electron chi connectivity index (χ1n) is 5.28. The first-order chi connectivity index (χ1) is 7.18. The first-order valence-corrected chi connectivity index (χ1v) is 6.16. The predicted molar refractivity (Wildman–Crippen MR) is 61.6 cm³/mol. The third-order valence-corrected chi connectivity index (χ3v) is 3.61. The number of rotatable bonds is 4. The summed E-state index contributed by atoms with van der Waals surface area (Å²) in [6.45, 7) is 1.72. The van der Waals surface area contributed by atoms with E-state index in [1.807, 2.05) is 11.4 Å². The Morgan fingerprint density at radius 2 is 2.40 bits per heavy atom. The molecule has 1 heterocycles. The molecule has 0 aromatic carbocycles. The van der Waals surface area contributed by atoms with Gasteiger partial charge in [0.05, 0.1) is 12.1 Å². The second kappa shape index (κ2) is 4.33. The Kier molecular flexibility index (Phi) is 3.07. The number of carbonyl (C=O) groups excluding carboxylic acids is 1. The van der Waals surface area contributed by atoms with Gasteiger partial charge in [0.1, 0.15) is 0 Å². The fourth-order valence-electron chi connectivity index (χ4n) is 1.60. The minimum Gasteiger partial charge on any atom is -0.347 e. The number of carbonyl (C=O) groups is 1. The zero-order chi connectivity index (χ0) is 10.8. The van der Waals surface area contributed by atoms with Gasteiger partial charge in [-0.3, -0.25) is 4.79 Å². The summed E-state index contributed by atoms with van der Waals surface area (Å²) in [6, 6.07) is 3.86. The molecule has 1 fully saturated rings. The van der Waals surface area contributed by atoms with Gasteiger partial charge in [0, 0.05) is 4.88 Å².